The summed E-state index contributed by atoms with van der Waals surface area (Å²) in [6.07, 6.45) is 12.3. The van der Waals surface area contributed by atoms with Crippen LogP contribution in [0.15, 0.2) is 177 Å². The first kappa shape index (κ1) is 85.4. The summed E-state index contributed by atoms with van der Waals surface area (Å²) in [5.41, 5.74) is 8.68. The van der Waals surface area contributed by atoms with Gasteiger partial charge in [0.2, 0.25) is 23.6 Å². The smallest absolute Gasteiger partial charge is 0.775 e. The number of nitrogens with two attached hydrogens (primary N) is 1. The molecule has 5 aromatic carbocycles. The molecular weight excluding hydrogens is 1580 g/mol. The van der Waals surface area contributed by atoms with Crippen molar-refractivity contribution < 1.29 is 77.6 Å². The van der Waals surface area contributed by atoms with Gasteiger partial charge in [-0.2, -0.15) is 0 Å². The van der Waals surface area contributed by atoms with Gasteiger partial charge in [0.15, 0.2) is 52.0 Å². The van der Waals surface area contributed by atoms with E-state index in [9.17, 15) is 30.4 Å². The number of hydrogen-bond donors (Lipinski definition) is 2. The zero-order valence-electron chi connectivity index (χ0n) is 60.7. The third-order valence-corrected chi connectivity index (χ3v) is 24.7. The Balaban J connectivity index is 0.000000170. The third kappa shape index (κ3) is 20.2. The van der Waals surface area contributed by atoms with E-state index in [-0.39, 0.29) is 116 Å². The van der Waals surface area contributed by atoms with Crippen LogP contribution in [-0.2, 0) is 75.3 Å². The van der Waals surface area contributed by atoms with Gasteiger partial charge in [0.25, 0.3) is 0 Å². The first-order valence-electron chi connectivity index (χ1n) is 32.2. The van der Waals surface area contributed by atoms with Crippen LogP contribution in [0.3, 0.4) is 0 Å². The van der Waals surface area contributed by atoms with E-state index < -0.39 is 50.7 Å². The molecule has 0 spiro atoms. The molecule has 8 aromatic heterocycles. The van der Waals surface area contributed by atoms with Crippen LogP contribution in [0.25, 0.3) is 44.4 Å². The van der Waals surface area contributed by atoms with Crippen LogP contribution in [0.2, 0.25) is 25.1 Å². The van der Waals surface area contributed by atoms with E-state index in [0.717, 1.165) is 27.3 Å². The molecule has 8 heterocycles. The van der Waals surface area contributed by atoms with E-state index in [1.807, 2.05) is 80.5 Å². The number of rotatable bonds is 12. The van der Waals surface area contributed by atoms with Gasteiger partial charge in [-0.25, -0.2) is 85.1 Å². The summed E-state index contributed by atoms with van der Waals surface area (Å²) in [5, 5.41) is 9.13. The van der Waals surface area contributed by atoms with Gasteiger partial charge < -0.3 is 41.1 Å². The first-order chi connectivity index (χ1) is 49.5. The molecule has 0 amide bonds. The molecule has 2 unspecified atom stereocenters. The zero-order valence-corrected chi connectivity index (χ0v) is 70.5. The largest absolute Gasteiger partial charge is 1.00 e. The Morgan fingerprint density at radius 2 is 0.757 bits per heavy atom. The number of benzene rings is 5. The Hall–Kier alpha value is -7.23. The fourth-order valence-corrected chi connectivity index (χ4v) is 16.9. The Labute approximate surface area is 676 Å². The van der Waals surface area contributed by atoms with E-state index in [1.165, 1.54) is 75.3 Å². The molecule has 107 heavy (non-hydrogen) atoms. The predicted molar refractivity (Wildman–Crippen MR) is 414 cm³/mol. The number of halogens is 5. The number of oxazole rings is 4. The van der Waals surface area contributed by atoms with Crippen LogP contribution in [0, 0.1) is 0 Å². The molecule has 0 fully saturated rings. The summed E-state index contributed by atoms with van der Waals surface area (Å²) >= 11 is 37.3. The molecule has 13 rings (SSSR count). The minimum absolute atomic E-state index is 0. The molecule has 0 aliphatic carbocycles. The van der Waals surface area contributed by atoms with Gasteiger partial charge in [0.1, 0.15) is 81.9 Å². The maximum atomic E-state index is 13.2. The number of nitrogens with zero attached hydrogens (tertiary/aromatic N) is 12. The molecule has 0 saturated heterocycles. The topological polar surface area (TPSA) is 356 Å². The number of hydrogen-bond acceptors (Lipinski definition) is 26. The predicted octanol–water partition coefficient (Wildman–Crippen LogP) is 15.1. The van der Waals surface area contributed by atoms with E-state index in [0.29, 0.717) is 60.9 Å². The number of sulfone groups is 3. The molecule has 0 bridgehead atoms. The SMILES string of the molecule is CC(C)(C)c1nc2ccc(Cl)c(S(=O)(=O)Cc3ncccn3)c2o1.CC(C)(C)c1nc2ccc(Cl)c(SCc3ncccn3)c2o1.CC(C)(C)c1nc2ccc(Cl)c([S-])c2o1.CC(c1ncccn1)S(=O)(=O)c1c(Cl)ccc(N)c1O.CC(c1ncccn1)S(=O)(=O)c1c(Cl)ccc2nc(C(C)(C)C)oc12.[Na+]. The standard InChI is InChI=1S/C17H18ClN3O3S.C16H16ClN3O3S.C16H16ClN3OS.C12H12ClN3O3S.C11H12ClNOS.Na/c1-10(15-19-8-5-9-20-15)25(22,23)14-11(18)6-7-12-13(14)24-16(21-12)17(2,3)4;1-16(2,3)15-20-11-6-5-10(17)14(13(11)23-15)24(21,22)9-12-18-7-4-8-19-12;1-16(2,3)15-20-11-6-5-10(17)14(13(11)21-15)22-9-12-18-7-4-8-19-12;1-7(12-15-5-2-6-16-12)20(18,19)11-8(13)3-4-9(14)10(11)17;1-11(2,3)10-13-7-5-4-6(12)9(15)8(7)14-10;/h5-10H,1-4H3;4-8H,9H2,1-3H3;4-8H,9H2,1-3H3;2-7,17H,14H2,1H3;4-5,15H,1-3H3;/q;;;;;+1/p-1. The molecule has 35 heteroatoms. The second-order valence-corrected chi connectivity index (χ2v) is 37.5. The second kappa shape index (κ2) is 34.4. The van der Waals surface area contributed by atoms with Crippen molar-refractivity contribution in [2.24, 2.45) is 0 Å². The van der Waals surface area contributed by atoms with Crippen LogP contribution in [0.1, 0.15) is 154 Å². The fraction of sp³-hybridized carbons (Fsp3) is 0.306. The van der Waals surface area contributed by atoms with Crippen LogP contribution in [0.4, 0.5) is 5.69 Å². The number of aromatic nitrogens is 12. The van der Waals surface area contributed by atoms with Crippen LogP contribution >= 0.6 is 69.8 Å². The van der Waals surface area contributed by atoms with Crippen LogP contribution in [0.5, 0.6) is 5.75 Å². The molecule has 13 aromatic rings. The number of phenols is 1. The summed E-state index contributed by atoms with van der Waals surface area (Å²) in [6, 6.07) is 22.9. The molecule has 0 radical (unpaired) electrons. The Morgan fingerprint density at radius 1 is 0.439 bits per heavy atom. The number of phenolic OH excluding ortho intramolecular Hbond substituents is 1. The van der Waals surface area contributed by atoms with E-state index in [4.69, 9.17) is 94.0 Å². The quantitative estimate of drug-likeness (QED) is 0.0377. The fourth-order valence-electron chi connectivity index (χ4n) is 9.44. The number of anilines is 1. The van der Waals surface area contributed by atoms with Crippen LogP contribution in [-0.4, -0.2) is 90.2 Å². The molecule has 2 atom stereocenters. The van der Waals surface area contributed by atoms with Gasteiger partial charge in [0.05, 0.1) is 36.4 Å². The van der Waals surface area contributed by atoms with Crippen molar-refractivity contribution in [2.75, 3.05) is 5.73 Å². The molecule has 0 aliphatic heterocycles. The summed E-state index contributed by atoms with van der Waals surface area (Å²) in [6.45, 7) is 26.9. The van der Waals surface area contributed by atoms with Crippen molar-refractivity contribution in [3.05, 3.63) is 206 Å². The van der Waals surface area contributed by atoms with Gasteiger partial charge in [0, 0.05) is 76.3 Å². The summed E-state index contributed by atoms with van der Waals surface area (Å²) in [5.74, 6) is 3.28. The first-order valence-corrected chi connectivity index (χ1v) is 40.2. The van der Waals surface area contributed by atoms with Gasteiger partial charge in [-0.15, -0.1) is 16.7 Å². The van der Waals surface area contributed by atoms with Crippen molar-refractivity contribution in [3.8, 4) is 5.75 Å². The second-order valence-electron chi connectivity index (χ2n) is 27.8. The minimum Gasteiger partial charge on any atom is -0.775 e. The molecule has 3 N–H and O–H groups in total. The Morgan fingerprint density at radius 3 is 1.19 bits per heavy atom. The van der Waals surface area contributed by atoms with Crippen molar-refractivity contribution >= 4 is 162 Å². The molecule has 0 saturated carbocycles. The third-order valence-electron chi connectivity index (χ3n) is 15.2. The summed E-state index contributed by atoms with van der Waals surface area (Å²) < 4.78 is 100. The number of thioether (sulfide) groups is 1. The number of nitrogen functional groups attached to an aromatic ring is 1. The van der Waals surface area contributed by atoms with E-state index in [1.54, 1.807) is 66.6 Å². The van der Waals surface area contributed by atoms with Crippen molar-refractivity contribution in [3.63, 3.8) is 0 Å². The number of fused-ring (bicyclic) bond motifs is 4. The van der Waals surface area contributed by atoms with E-state index in [2.05, 4.69) is 80.6 Å². The van der Waals surface area contributed by atoms with Gasteiger partial charge in [-0.05, 0) is 98.8 Å². The maximum Gasteiger partial charge on any atom is 1.00 e. The van der Waals surface area contributed by atoms with Crippen molar-refractivity contribution in [1.29, 1.82) is 0 Å². The Kier molecular flexibility index (Phi) is 27.4. The van der Waals surface area contributed by atoms with Gasteiger partial charge >= 0.3 is 29.6 Å². The van der Waals surface area contributed by atoms with Gasteiger partial charge in [-0.1, -0.05) is 141 Å². The minimum atomic E-state index is -3.96. The average molecular weight is 1660 g/mol. The van der Waals surface area contributed by atoms with Gasteiger partial charge in [-0.3, -0.25) is 0 Å². The molecular formula is C72H73Cl5N13NaO11S5. The zero-order chi connectivity index (χ0) is 77.8. The van der Waals surface area contributed by atoms with Crippen molar-refractivity contribution in [1.82, 2.24) is 59.8 Å². The molecule has 0 aliphatic rings. The average Bonchev–Trinajstić information content (AvgIpc) is 1.55. The summed E-state index contributed by atoms with van der Waals surface area (Å²) in [4.78, 5) is 50.9. The number of aromatic hydroxyl groups is 1. The maximum absolute atomic E-state index is 13.2. The molecule has 24 nitrogen and oxygen atoms in total. The van der Waals surface area contributed by atoms with Crippen LogP contribution < -0.4 is 35.3 Å². The van der Waals surface area contributed by atoms with Crippen molar-refractivity contribution in [2.45, 2.75) is 165 Å². The van der Waals surface area contributed by atoms with E-state index >= 15 is 0 Å². The monoisotopic (exact) mass is 1650 g/mol. The Bertz CT molecular complexity index is 5670. The summed E-state index contributed by atoms with van der Waals surface area (Å²) in [7, 11) is -11.6. The normalized spacial score (nSPS) is 12.7. The molecule has 558 valence electrons.